The van der Waals surface area contributed by atoms with E-state index in [-0.39, 0.29) is 12.3 Å². The first-order valence-corrected chi connectivity index (χ1v) is 9.15. The minimum atomic E-state index is -0.431. The van der Waals surface area contributed by atoms with E-state index < -0.39 is 11.8 Å². The lowest BCUT2D eigenvalue weighted by atomic mass is 10.1. The number of rotatable bonds is 8. The number of aliphatic hydroxyl groups excluding tert-OH is 1. The third-order valence-corrected chi connectivity index (χ3v) is 4.35. The predicted octanol–water partition coefficient (Wildman–Crippen LogP) is 2.73. The highest BCUT2D eigenvalue weighted by Gasteiger charge is 2.16. The van der Waals surface area contributed by atoms with Crippen molar-refractivity contribution in [1.29, 1.82) is 0 Å². The van der Waals surface area contributed by atoms with Crippen LogP contribution in [0.3, 0.4) is 0 Å². The molecule has 0 aliphatic rings. The second kappa shape index (κ2) is 10.5. The van der Waals surface area contributed by atoms with E-state index in [1.165, 1.54) is 0 Å². The van der Waals surface area contributed by atoms with E-state index in [1.54, 1.807) is 61.7 Å². The fourth-order valence-electron chi connectivity index (χ4n) is 2.24. The van der Waals surface area contributed by atoms with E-state index in [4.69, 9.17) is 9.84 Å². The molecule has 2 amide bonds. The Balaban J connectivity index is 2.25. The van der Waals surface area contributed by atoms with Gasteiger partial charge in [0.2, 0.25) is 0 Å². The minimum Gasteiger partial charge on any atom is -0.497 e. The van der Waals surface area contributed by atoms with Crippen LogP contribution in [0.4, 0.5) is 0 Å². The summed E-state index contributed by atoms with van der Waals surface area (Å²) in [6.07, 6.45) is 2.02. The topological polar surface area (TPSA) is 87.7 Å². The van der Waals surface area contributed by atoms with Gasteiger partial charge in [-0.3, -0.25) is 9.59 Å². The summed E-state index contributed by atoms with van der Waals surface area (Å²) in [4.78, 5) is 25.1. The summed E-state index contributed by atoms with van der Waals surface area (Å²) in [7, 11) is 1.57. The molecule has 0 aliphatic heterocycles. The van der Waals surface area contributed by atoms with Gasteiger partial charge in [-0.2, -0.15) is 0 Å². The molecule has 0 spiro atoms. The molecule has 2 aromatic rings. The lowest BCUT2D eigenvalue weighted by molar-refractivity contribution is -0.117. The Labute approximate surface area is 166 Å². The minimum absolute atomic E-state index is 0.0267. The third kappa shape index (κ3) is 6.23. The largest absolute Gasteiger partial charge is 0.497 e. The van der Waals surface area contributed by atoms with Gasteiger partial charge in [0, 0.05) is 17.6 Å². The van der Waals surface area contributed by atoms with Crippen molar-refractivity contribution < 1.29 is 19.4 Å². The van der Waals surface area contributed by atoms with Crippen LogP contribution in [-0.4, -0.2) is 37.2 Å². The summed E-state index contributed by atoms with van der Waals surface area (Å²) in [6.45, 7) is 0.279. The van der Waals surface area contributed by atoms with Crippen molar-refractivity contribution in [1.82, 2.24) is 10.6 Å². The maximum Gasteiger partial charge on any atom is 0.267 e. The van der Waals surface area contributed by atoms with Gasteiger partial charge in [0.1, 0.15) is 11.4 Å². The van der Waals surface area contributed by atoms with Crippen LogP contribution in [0.15, 0.2) is 58.7 Å². The number of amides is 2. The summed E-state index contributed by atoms with van der Waals surface area (Å²) < 4.78 is 5.76. The maximum absolute atomic E-state index is 12.6. The Hall–Kier alpha value is -2.64. The normalized spacial score (nSPS) is 11.0. The molecule has 27 heavy (non-hydrogen) atoms. The summed E-state index contributed by atoms with van der Waals surface area (Å²) in [5.41, 5.74) is 1.26. The first-order chi connectivity index (χ1) is 13.0. The van der Waals surface area contributed by atoms with Crippen LogP contribution in [0.1, 0.15) is 22.3 Å². The van der Waals surface area contributed by atoms with E-state index in [0.717, 1.165) is 5.56 Å². The van der Waals surface area contributed by atoms with Gasteiger partial charge < -0.3 is 20.5 Å². The van der Waals surface area contributed by atoms with Gasteiger partial charge in [0.05, 0.1) is 12.7 Å². The number of carbonyl (C=O) groups is 2. The lowest BCUT2D eigenvalue weighted by Crippen LogP contribution is -2.35. The molecule has 0 radical (unpaired) electrons. The summed E-state index contributed by atoms with van der Waals surface area (Å²) >= 11 is 3.34. The molecule has 6 nitrogen and oxygen atoms in total. The van der Waals surface area contributed by atoms with Crippen LogP contribution in [0.2, 0.25) is 0 Å². The van der Waals surface area contributed by atoms with E-state index in [1.807, 2.05) is 0 Å². The van der Waals surface area contributed by atoms with Crippen molar-refractivity contribution in [3.8, 4) is 5.75 Å². The molecule has 142 valence electrons. The average Bonchev–Trinajstić information content (AvgIpc) is 2.68. The summed E-state index contributed by atoms with van der Waals surface area (Å²) in [5.74, 6) is -0.141. The zero-order valence-electron chi connectivity index (χ0n) is 14.9. The van der Waals surface area contributed by atoms with Crippen LogP contribution >= 0.6 is 15.9 Å². The monoisotopic (exact) mass is 432 g/mol. The summed E-state index contributed by atoms with van der Waals surface area (Å²) in [5, 5.41) is 14.2. The van der Waals surface area contributed by atoms with Crippen molar-refractivity contribution in [2.75, 3.05) is 20.3 Å². The molecule has 0 saturated carbocycles. The Bertz CT molecular complexity index is 819. The predicted molar refractivity (Wildman–Crippen MR) is 107 cm³/mol. The Morgan fingerprint density at radius 2 is 1.85 bits per heavy atom. The standard InChI is InChI=1S/C20H21BrN2O4/c1-27-15-9-7-14(8-10-15)13-18(20(26)22-11-4-12-24)23-19(25)16-5-2-3-6-17(16)21/h2-3,5-10,13,24H,4,11-12H2,1H3,(H,22,26)(H,23,25). The highest BCUT2D eigenvalue weighted by Crippen LogP contribution is 2.17. The molecule has 7 heteroatoms. The highest BCUT2D eigenvalue weighted by atomic mass is 79.9. The fraction of sp³-hybridized carbons (Fsp3) is 0.200. The quantitative estimate of drug-likeness (QED) is 0.442. The first kappa shape index (κ1) is 20.7. The average molecular weight is 433 g/mol. The number of aliphatic hydroxyl groups is 1. The van der Waals surface area contributed by atoms with Crippen molar-refractivity contribution >= 4 is 33.8 Å². The number of nitrogens with one attached hydrogen (secondary N) is 2. The Kier molecular flexibility index (Phi) is 8.03. The molecule has 0 atom stereocenters. The first-order valence-electron chi connectivity index (χ1n) is 8.36. The van der Waals surface area contributed by atoms with Gasteiger partial charge in [-0.05, 0) is 58.3 Å². The third-order valence-electron chi connectivity index (χ3n) is 3.66. The number of hydrogen-bond acceptors (Lipinski definition) is 4. The van der Waals surface area contributed by atoms with Gasteiger partial charge in [-0.1, -0.05) is 24.3 Å². The van der Waals surface area contributed by atoms with E-state index in [9.17, 15) is 9.59 Å². The van der Waals surface area contributed by atoms with Gasteiger partial charge in [-0.25, -0.2) is 0 Å². The van der Waals surface area contributed by atoms with E-state index in [0.29, 0.717) is 28.8 Å². The Morgan fingerprint density at radius 3 is 2.48 bits per heavy atom. The molecule has 0 fully saturated rings. The number of halogens is 1. The Morgan fingerprint density at radius 1 is 1.15 bits per heavy atom. The molecule has 0 aliphatic carbocycles. The van der Waals surface area contributed by atoms with Crippen LogP contribution < -0.4 is 15.4 Å². The number of ether oxygens (including phenoxy) is 1. The van der Waals surface area contributed by atoms with Gasteiger partial charge in [0.25, 0.3) is 11.8 Å². The zero-order valence-corrected chi connectivity index (χ0v) is 16.5. The van der Waals surface area contributed by atoms with Crippen LogP contribution in [0.25, 0.3) is 6.08 Å². The van der Waals surface area contributed by atoms with Crippen LogP contribution in [-0.2, 0) is 4.79 Å². The number of carbonyl (C=O) groups excluding carboxylic acids is 2. The lowest BCUT2D eigenvalue weighted by Gasteiger charge is -2.12. The van der Waals surface area contributed by atoms with Crippen molar-refractivity contribution in [3.05, 3.63) is 69.8 Å². The molecule has 0 unspecified atom stereocenters. The van der Waals surface area contributed by atoms with Gasteiger partial charge in [-0.15, -0.1) is 0 Å². The molecule has 3 N–H and O–H groups in total. The fourth-order valence-corrected chi connectivity index (χ4v) is 2.70. The zero-order chi connectivity index (χ0) is 19.6. The molecule has 0 bridgehead atoms. The number of methoxy groups -OCH3 is 1. The van der Waals surface area contributed by atoms with Gasteiger partial charge in [0.15, 0.2) is 0 Å². The van der Waals surface area contributed by atoms with Crippen LogP contribution in [0.5, 0.6) is 5.75 Å². The van der Waals surface area contributed by atoms with Gasteiger partial charge >= 0.3 is 0 Å². The van der Waals surface area contributed by atoms with Crippen molar-refractivity contribution in [3.63, 3.8) is 0 Å². The molecule has 0 heterocycles. The smallest absolute Gasteiger partial charge is 0.267 e. The van der Waals surface area contributed by atoms with E-state index >= 15 is 0 Å². The maximum atomic E-state index is 12.6. The summed E-state index contributed by atoms with van der Waals surface area (Å²) in [6, 6.07) is 14.1. The number of benzene rings is 2. The van der Waals surface area contributed by atoms with Crippen LogP contribution in [0, 0.1) is 0 Å². The van der Waals surface area contributed by atoms with Crippen molar-refractivity contribution in [2.45, 2.75) is 6.42 Å². The molecular formula is C20H21BrN2O4. The highest BCUT2D eigenvalue weighted by molar-refractivity contribution is 9.10. The second-order valence-electron chi connectivity index (χ2n) is 5.60. The molecule has 2 rings (SSSR count). The number of hydrogen-bond donors (Lipinski definition) is 3. The SMILES string of the molecule is COc1ccc(C=C(NC(=O)c2ccccc2Br)C(=O)NCCCO)cc1. The molecule has 0 aromatic heterocycles. The molecule has 0 saturated heterocycles. The van der Waals surface area contributed by atoms with Crippen molar-refractivity contribution in [2.24, 2.45) is 0 Å². The van der Waals surface area contributed by atoms with E-state index in [2.05, 4.69) is 26.6 Å². The molecular weight excluding hydrogens is 412 g/mol. The second-order valence-corrected chi connectivity index (χ2v) is 6.45. The molecule has 2 aromatic carbocycles.